The molecule has 11 heteroatoms. The second-order valence-electron chi connectivity index (χ2n) is 6.19. The van der Waals surface area contributed by atoms with Gasteiger partial charge in [0.2, 0.25) is 5.82 Å². The van der Waals surface area contributed by atoms with Crippen LogP contribution in [0, 0.1) is 0 Å². The standard InChI is InChI=1S/C19H9ClF3N5OS/c20-14-15(18-25-16(27-29-18)10-5-2-1-3-6-10)26-28-13(19(21,22)23)9-11(24-17(14)28)12-7-4-8-30-12/h1-9H. The van der Waals surface area contributed by atoms with Crippen LogP contribution in [-0.4, -0.2) is 24.7 Å². The number of hydrogen-bond acceptors (Lipinski definition) is 6. The molecule has 0 N–H and O–H groups in total. The van der Waals surface area contributed by atoms with E-state index in [1.807, 2.05) is 6.07 Å². The number of alkyl halides is 3. The highest BCUT2D eigenvalue weighted by atomic mass is 35.5. The van der Waals surface area contributed by atoms with Gasteiger partial charge >= 0.3 is 6.18 Å². The molecule has 150 valence electrons. The molecule has 5 aromatic rings. The second kappa shape index (κ2) is 6.92. The number of hydrogen-bond donors (Lipinski definition) is 0. The van der Waals surface area contributed by atoms with Gasteiger partial charge in [-0.2, -0.15) is 23.3 Å². The number of halogens is 4. The second-order valence-corrected chi connectivity index (χ2v) is 7.51. The molecule has 0 saturated heterocycles. The van der Waals surface area contributed by atoms with E-state index in [9.17, 15) is 13.2 Å². The lowest BCUT2D eigenvalue weighted by atomic mass is 10.2. The lowest BCUT2D eigenvalue weighted by Crippen LogP contribution is -2.13. The van der Waals surface area contributed by atoms with Crippen molar-refractivity contribution in [2.45, 2.75) is 6.18 Å². The van der Waals surface area contributed by atoms with Crippen LogP contribution in [0.4, 0.5) is 13.2 Å². The summed E-state index contributed by atoms with van der Waals surface area (Å²) in [4.78, 5) is 9.09. The van der Waals surface area contributed by atoms with Gasteiger partial charge in [-0.1, -0.05) is 53.2 Å². The molecule has 0 saturated carbocycles. The fraction of sp³-hybridized carbons (Fsp3) is 0.0526. The third kappa shape index (κ3) is 3.14. The summed E-state index contributed by atoms with van der Waals surface area (Å²) in [7, 11) is 0. The first kappa shape index (κ1) is 18.8. The Kier molecular flexibility index (Phi) is 4.33. The molecule has 0 bridgehead atoms. The molecule has 0 aliphatic rings. The van der Waals surface area contributed by atoms with E-state index in [0.29, 0.717) is 15.0 Å². The zero-order valence-corrected chi connectivity index (χ0v) is 16.3. The van der Waals surface area contributed by atoms with Gasteiger partial charge in [0.15, 0.2) is 17.0 Å². The van der Waals surface area contributed by atoms with Crippen LogP contribution in [0.5, 0.6) is 0 Å². The molecule has 0 radical (unpaired) electrons. The Labute approximate surface area is 175 Å². The van der Waals surface area contributed by atoms with Crippen LogP contribution in [0.15, 0.2) is 58.4 Å². The minimum absolute atomic E-state index is 0.0762. The monoisotopic (exact) mass is 447 g/mol. The van der Waals surface area contributed by atoms with Crippen LogP contribution in [-0.2, 0) is 6.18 Å². The first-order valence-electron chi connectivity index (χ1n) is 8.51. The number of nitrogens with zero attached hydrogens (tertiary/aromatic N) is 5. The Balaban J connectivity index is 1.70. The zero-order valence-electron chi connectivity index (χ0n) is 14.8. The summed E-state index contributed by atoms with van der Waals surface area (Å²) in [6.07, 6.45) is -4.68. The van der Waals surface area contributed by atoms with E-state index >= 15 is 0 Å². The Morgan fingerprint density at radius 3 is 2.53 bits per heavy atom. The number of fused-ring (bicyclic) bond motifs is 1. The Bertz CT molecular complexity index is 1350. The molecule has 0 aliphatic heterocycles. The van der Waals surface area contributed by atoms with Crippen LogP contribution >= 0.6 is 22.9 Å². The average molecular weight is 448 g/mol. The molecule has 0 spiro atoms. The molecule has 1 aromatic carbocycles. The molecule has 6 nitrogen and oxygen atoms in total. The van der Waals surface area contributed by atoms with Gasteiger partial charge in [-0.3, -0.25) is 0 Å². The summed E-state index contributed by atoms with van der Waals surface area (Å²) in [6.45, 7) is 0. The van der Waals surface area contributed by atoms with E-state index in [1.165, 1.54) is 11.3 Å². The zero-order chi connectivity index (χ0) is 20.9. The van der Waals surface area contributed by atoms with Crippen molar-refractivity contribution in [2.75, 3.05) is 0 Å². The van der Waals surface area contributed by atoms with Gasteiger partial charge in [0.1, 0.15) is 5.02 Å². The first-order valence-corrected chi connectivity index (χ1v) is 9.77. The minimum Gasteiger partial charge on any atom is -0.332 e. The molecule has 30 heavy (non-hydrogen) atoms. The first-order chi connectivity index (χ1) is 14.4. The fourth-order valence-corrected chi connectivity index (χ4v) is 3.83. The van der Waals surface area contributed by atoms with Gasteiger partial charge < -0.3 is 4.52 Å². The summed E-state index contributed by atoms with van der Waals surface area (Å²) >= 11 is 7.64. The largest absolute Gasteiger partial charge is 0.433 e. The molecule has 0 fully saturated rings. The lowest BCUT2D eigenvalue weighted by Gasteiger charge is -2.10. The smallest absolute Gasteiger partial charge is 0.332 e. The summed E-state index contributed by atoms with van der Waals surface area (Å²) < 4.78 is 47.1. The number of rotatable bonds is 3. The quantitative estimate of drug-likeness (QED) is 0.347. The van der Waals surface area contributed by atoms with Gasteiger partial charge in [0, 0.05) is 5.56 Å². The maximum Gasteiger partial charge on any atom is 0.433 e. The number of aromatic nitrogens is 5. The van der Waals surface area contributed by atoms with Crippen molar-refractivity contribution in [3.63, 3.8) is 0 Å². The molecule has 0 atom stereocenters. The van der Waals surface area contributed by atoms with E-state index in [-0.39, 0.29) is 33.8 Å². The van der Waals surface area contributed by atoms with E-state index in [2.05, 4.69) is 20.2 Å². The van der Waals surface area contributed by atoms with Gasteiger partial charge in [-0.25, -0.2) is 9.50 Å². The Morgan fingerprint density at radius 1 is 1.03 bits per heavy atom. The van der Waals surface area contributed by atoms with Crippen LogP contribution < -0.4 is 0 Å². The van der Waals surface area contributed by atoms with Gasteiger partial charge in [0.25, 0.3) is 5.89 Å². The predicted octanol–water partition coefficient (Wildman–Crippen LogP) is 5.85. The van der Waals surface area contributed by atoms with Crippen LogP contribution in [0.2, 0.25) is 5.02 Å². The van der Waals surface area contributed by atoms with E-state index in [0.717, 1.165) is 6.07 Å². The molecule has 0 amide bonds. The highest BCUT2D eigenvalue weighted by molar-refractivity contribution is 7.13. The van der Waals surface area contributed by atoms with Crippen LogP contribution in [0.3, 0.4) is 0 Å². The third-order valence-corrected chi connectivity index (χ3v) is 5.50. The minimum atomic E-state index is -4.68. The molecular formula is C19H9ClF3N5OS. The predicted molar refractivity (Wildman–Crippen MR) is 105 cm³/mol. The van der Waals surface area contributed by atoms with Gasteiger partial charge in [-0.05, 0) is 17.5 Å². The Morgan fingerprint density at radius 2 is 1.83 bits per heavy atom. The SMILES string of the molecule is FC(F)(F)c1cc(-c2cccs2)nc2c(Cl)c(-c3nc(-c4ccccc4)no3)nn12. The molecule has 0 aliphatic carbocycles. The van der Waals surface area contributed by atoms with Crippen molar-refractivity contribution in [3.05, 3.63) is 64.6 Å². The normalized spacial score (nSPS) is 12.0. The summed E-state index contributed by atoms with van der Waals surface area (Å²) in [5.41, 5.74) is -0.404. The molecule has 0 unspecified atom stereocenters. The summed E-state index contributed by atoms with van der Waals surface area (Å²) in [5, 5.41) is 9.50. The van der Waals surface area contributed by atoms with E-state index in [4.69, 9.17) is 16.1 Å². The van der Waals surface area contributed by atoms with Gasteiger partial charge in [0.05, 0.1) is 10.6 Å². The van der Waals surface area contributed by atoms with Crippen molar-refractivity contribution in [3.8, 4) is 33.5 Å². The number of benzene rings is 1. The van der Waals surface area contributed by atoms with Gasteiger partial charge in [-0.15, -0.1) is 11.3 Å². The highest BCUT2D eigenvalue weighted by Gasteiger charge is 2.36. The summed E-state index contributed by atoms with van der Waals surface area (Å²) in [6, 6.07) is 13.3. The molecular weight excluding hydrogens is 439 g/mol. The average Bonchev–Trinajstić information content (AvgIpc) is 3.48. The van der Waals surface area contributed by atoms with Crippen molar-refractivity contribution >= 4 is 28.6 Å². The van der Waals surface area contributed by atoms with Crippen molar-refractivity contribution in [1.82, 2.24) is 24.7 Å². The third-order valence-electron chi connectivity index (χ3n) is 4.26. The summed E-state index contributed by atoms with van der Waals surface area (Å²) in [5.74, 6) is 0.164. The highest BCUT2D eigenvalue weighted by Crippen LogP contribution is 2.37. The maximum atomic E-state index is 13.7. The maximum absolute atomic E-state index is 13.7. The Hall–Kier alpha value is -3.24. The van der Waals surface area contributed by atoms with Crippen LogP contribution in [0.25, 0.3) is 39.2 Å². The lowest BCUT2D eigenvalue weighted by molar-refractivity contribution is -0.142. The van der Waals surface area contributed by atoms with Crippen molar-refractivity contribution in [1.29, 1.82) is 0 Å². The van der Waals surface area contributed by atoms with Crippen LogP contribution in [0.1, 0.15) is 5.69 Å². The van der Waals surface area contributed by atoms with Crippen molar-refractivity contribution in [2.24, 2.45) is 0 Å². The molecule has 4 heterocycles. The topological polar surface area (TPSA) is 69.1 Å². The van der Waals surface area contributed by atoms with E-state index < -0.39 is 11.9 Å². The molecule has 4 aromatic heterocycles. The van der Waals surface area contributed by atoms with E-state index in [1.54, 1.807) is 41.8 Å². The number of thiophene rings is 1. The molecule has 5 rings (SSSR count). The fourth-order valence-electron chi connectivity index (χ4n) is 2.90. The van der Waals surface area contributed by atoms with Crippen molar-refractivity contribution < 1.29 is 17.7 Å².